The van der Waals surface area contributed by atoms with Crippen molar-refractivity contribution in [3.05, 3.63) is 243 Å². The maximum absolute atomic E-state index is 12.0. The molecule has 6 N–H and O–H groups in total. The van der Waals surface area contributed by atoms with Gasteiger partial charge >= 0.3 is 23.9 Å². The van der Waals surface area contributed by atoms with Gasteiger partial charge < -0.3 is 118 Å². The van der Waals surface area contributed by atoms with Gasteiger partial charge in [-0.3, -0.25) is 34.1 Å². The van der Waals surface area contributed by atoms with Crippen LogP contribution in [0.4, 0.5) is 0 Å². The van der Waals surface area contributed by atoms with E-state index in [0.29, 0.717) is 80.0 Å². The van der Waals surface area contributed by atoms with Gasteiger partial charge in [-0.25, -0.2) is 9.59 Å². The third kappa shape index (κ3) is 37.9. The van der Waals surface area contributed by atoms with E-state index >= 15 is 0 Å². The fraction of sp³-hybridized carbons (Fsp3) is 0.337. The number of fused-ring (bicyclic) bond motifs is 9. The summed E-state index contributed by atoms with van der Waals surface area (Å²) in [6.07, 6.45) is 11.7. The molecule has 2 aromatic heterocycles. The molecule has 3 amide bonds. The van der Waals surface area contributed by atoms with E-state index in [1.54, 1.807) is 109 Å². The number of carboxylic acid groups (broad SMARTS) is 1. The molecular formula is C104H114Br5N2O30W-. The molecule has 0 aliphatic carbocycles. The number of imide groups is 1. The molecule has 0 radical (unpaired) electrons. The van der Waals surface area contributed by atoms with Crippen LogP contribution in [0.25, 0.3) is 21.9 Å². The normalized spacial score (nSPS) is 13.2. The van der Waals surface area contributed by atoms with Crippen molar-refractivity contribution >= 4 is 149 Å². The number of phenolic OH excluding ortho intramolecular Hbond substituents is 2. The number of benzene rings is 9. The molecule has 1 fully saturated rings. The van der Waals surface area contributed by atoms with Gasteiger partial charge in [0.2, 0.25) is 17.7 Å². The van der Waals surface area contributed by atoms with E-state index in [2.05, 4.69) is 114 Å². The molecule has 8 aliphatic rings. The van der Waals surface area contributed by atoms with E-state index < -0.39 is 17.8 Å². The van der Waals surface area contributed by atoms with Crippen molar-refractivity contribution < 1.29 is 164 Å². The maximum Gasteiger partial charge on any atom is 0.344 e. The number of primary amides is 1. The summed E-state index contributed by atoms with van der Waals surface area (Å²) in [6.45, 7) is 14.6. The molecule has 1 atom stereocenters. The molecule has 0 saturated carbocycles. The van der Waals surface area contributed by atoms with Gasteiger partial charge in [-0.15, -0.1) is 0 Å². The second-order valence-electron chi connectivity index (χ2n) is 30.3. The third-order valence-electron chi connectivity index (χ3n) is 20.7. The van der Waals surface area contributed by atoms with Crippen molar-refractivity contribution in [1.82, 2.24) is 5.32 Å². The average Bonchev–Trinajstić information content (AvgIpc) is 1.62. The van der Waals surface area contributed by atoms with Crippen molar-refractivity contribution in [1.29, 1.82) is 0 Å². The number of hydrogen-bond acceptors (Lipinski definition) is 29. The van der Waals surface area contributed by atoms with Crippen LogP contribution in [-0.4, -0.2) is 193 Å². The van der Waals surface area contributed by atoms with E-state index in [0.717, 1.165) is 205 Å². The Kier molecular flexibility index (Phi) is 51.3. The van der Waals surface area contributed by atoms with Gasteiger partial charge in [0.1, 0.15) is 116 Å². The van der Waals surface area contributed by atoms with Crippen molar-refractivity contribution in [3.8, 4) is 92.0 Å². The zero-order chi connectivity index (χ0) is 101. The van der Waals surface area contributed by atoms with E-state index in [4.69, 9.17) is 99.9 Å². The summed E-state index contributed by atoms with van der Waals surface area (Å²) < 4.78 is 101. The number of rotatable bonds is 25. The summed E-state index contributed by atoms with van der Waals surface area (Å²) in [5, 5.41) is 33.8. The first-order valence-corrected chi connectivity index (χ1v) is 49.5. The summed E-state index contributed by atoms with van der Waals surface area (Å²) in [7, 11) is 4.86. The van der Waals surface area contributed by atoms with Crippen LogP contribution in [0.15, 0.2) is 195 Å². The first-order chi connectivity index (χ1) is 67.7. The Morgan fingerprint density at radius 3 is 1.31 bits per heavy atom. The molecule has 38 heteroatoms. The van der Waals surface area contributed by atoms with Crippen LogP contribution >= 0.6 is 79.6 Å². The SMILES string of the molecule is BrCCBr.C=CC(N)=O.CCOC(=O)CC(=O)COc1ccc2c(c1)OCC2.CCOC(=O)COc1ccc2c(c1)OCC2.CCOC(=O)Cc1coc2cc3c(cc12)CCO3.COc1ccc(Br)c(O)c1.COc1ccc(Br)c(OCCBr)c1.COc1ccc2c(c1)OCC2.O=C(O)COc1ccc2c(c1)OCC2.O=C1CCC(c2coc3cc4c(cc23)CCO4)C(=O)N1.Oc1ccc2c(c1)OCC2.[CH3-].[W]. The molecule has 1 unspecified atom stereocenters. The number of nitrogens with two attached hydrogens (primary N) is 1. The van der Waals surface area contributed by atoms with Crippen LogP contribution in [0.1, 0.15) is 96.0 Å². The Hall–Kier alpha value is -12.2. The second kappa shape index (κ2) is 62.3. The number of methoxy groups -OCH3 is 3. The summed E-state index contributed by atoms with van der Waals surface area (Å²) in [4.78, 5) is 88.1. The van der Waals surface area contributed by atoms with Gasteiger partial charge in [0.05, 0.1) is 128 Å². The smallest absolute Gasteiger partial charge is 0.344 e. The summed E-state index contributed by atoms with van der Waals surface area (Å²) in [6, 6.07) is 46.2. The van der Waals surface area contributed by atoms with Crippen LogP contribution in [0.5, 0.6) is 92.0 Å². The van der Waals surface area contributed by atoms with Crippen LogP contribution in [-0.2, 0) is 125 Å². The molecule has 8 aliphatic heterocycles. The Balaban J connectivity index is 0.000000216. The molecule has 19 rings (SSSR count). The predicted octanol–water partition coefficient (Wildman–Crippen LogP) is 18.8. The molecular weight excluding hydrogens is 2340 g/mol. The van der Waals surface area contributed by atoms with E-state index in [1.165, 1.54) is 22.3 Å². The van der Waals surface area contributed by atoms with Gasteiger partial charge in [-0.2, -0.15) is 0 Å². The Morgan fingerprint density at radius 2 is 0.852 bits per heavy atom. The van der Waals surface area contributed by atoms with Crippen LogP contribution in [0.3, 0.4) is 0 Å². The summed E-state index contributed by atoms with van der Waals surface area (Å²) >= 11 is 16.2. The maximum atomic E-state index is 12.0. The first-order valence-electron chi connectivity index (χ1n) is 44.5. The van der Waals surface area contributed by atoms with Gasteiger partial charge in [0.15, 0.2) is 19.0 Å². The summed E-state index contributed by atoms with van der Waals surface area (Å²) in [5.74, 6) is 7.72. The third-order valence-corrected chi connectivity index (χ3v) is 24.2. The molecule has 0 spiro atoms. The number of nitrogens with one attached hydrogen (secondary N) is 1. The molecule has 762 valence electrons. The molecule has 1 saturated heterocycles. The minimum absolute atomic E-state index is 0. The zero-order valence-corrected chi connectivity index (χ0v) is 90.4. The Labute approximate surface area is 879 Å². The largest absolute Gasteiger partial charge is 0.508 e. The zero-order valence-electron chi connectivity index (χ0n) is 79.5. The topological polar surface area (TPSA) is 418 Å². The number of hydrogen-bond donors (Lipinski definition) is 5. The number of esters is 3. The van der Waals surface area contributed by atoms with Crippen molar-refractivity contribution in [2.24, 2.45) is 5.73 Å². The molecule has 32 nitrogen and oxygen atoms in total. The van der Waals surface area contributed by atoms with Crippen molar-refractivity contribution in [2.45, 2.75) is 97.3 Å². The number of phenols is 2. The molecule has 10 heterocycles. The number of aromatic hydroxyl groups is 2. The number of piperidine rings is 1. The fourth-order valence-electron chi connectivity index (χ4n) is 13.9. The standard InChI is InChI=1S/C15H13NO4.C14H16O5.C14H14O4.C12H14O4.C10H10O4.C9H10Br2O2.C9H10O2.C8H8O2.C7H7BrO2.C3H5NO.C2H4Br2.CH3.W/c17-14-2-1-9(15(18)16-14)11-7-20-13-6-12-8(3-4-19-12)5-10(11)13;1-2-17-14(16)7-11(15)9-19-12-4-3-10-5-6-18-13(10)8-12;1-2-16-14(15)6-10-8-18-13-7-12-9(3-4-17-12)5-11(10)13;1-2-14-12(13)8-16-10-4-3-9-5-6-15-11(9)7-10;11-10(12)6-14-8-2-1-7-3-4-13-9(7)5-8;1-12-7-2-3-8(11)9(6-7)13-5-4-10;1-10-8-3-2-7-4-5-11-9(7)6-8;9-7-2-1-6-3-4-10-8(6)5-7;1-10-5-2-3-6(8)7(9)4-5;1-2-3(4)5;3-1-2-4;;/h5-7,9H,1-4H2,(H,16,17,18);3-4,8H,2,5-7,9H2,1H3;5,7-8H,2-4,6H2,1H3;3-4,7H,2,5-6,8H2,1H3;1-2,5H,3-4,6H2,(H,11,12);2-3,6H,4-5H2,1H3;2-3,6H,4-5H2,1H3;1-2,5,9H,3-4H2;2-4,9H,1H3;2H,1H2,(H2,4,5);1-2H2;1H3;/q;;;;;;;;;;;-1;. The molecule has 11 aromatic rings. The molecule has 142 heavy (non-hydrogen) atoms. The van der Waals surface area contributed by atoms with E-state index in [-0.39, 0.29) is 115 Å². The van der Waals surface area contributed by atoms with Crippen LogP contribution in [0, 0.1) is 7.43 Å². The van der Waals surface area contributed by atoms with E-state index in [9.17, 15) is 38.4 Å². The minimum atomic E-state index is -0.980. The summed E-state index contributed by atoms with van der Waals surface area (Å²) in [5.41, 5.74) is 16.0. The van der Waals surface area contributed by atoms with Crippen LogP contribution < -0.4 is 77.4 Å². The van der Waals surface area contributed by atoms with E-state index in [1.807, 2.05) is 84.9 Å². The monoisotopic (exact) mass is 2450 g/mol. The van der Waals surface area contributed by atoms with Crippen LogP contribution in [0.2, 0.25) is 0 Å². The van der Waals surface area contributed by atoms with Crippen molar-refractivity contribution in [3.63, 3.8) is 0 Å². The molecule has 0 bridgehead atoms. The number of furan rings is 2. The first kappa shape index (κ1) is 117. The number of alkyl halides is 3. The molecule has 9 aromatic carbocycles. The Morgan fingerprint density at radius 1 is 0.458 bits per heavy atom. The van der Waals surface area contributed by atoms with Gasteiger partial charge in [0.25, 0.3) is 0 Å². The Bertz CT molecular complexity index is 5990. The van der Waals surface area contributed by atoms with Gasteiger partial charge in [-0.1, -0.05) is 84.7 Å². The average molecular weight is 2460 g/mol. The number of ketones is 1. The van der Waals surface area contributed by atoms with Crippen molar-refractivity contribution in [2.75, 3.05) is 130 Å². The predicted molar refractivity (Wildman–Crippen MR) is 545 cm³/mol. The minimum Gasteiger partial charge on any atom is -0.508 e. The second-order valence-corrected chi connectivity index (χ2v) is 34.4. The van der Waals surface area contributed by atoms with Gasteiger partial charge in [0, 0.05) is 165 Å². The number of carboxylic acids is 1. The number of ether oxygens (including phenoxy) is 17. The van der Waals surface area contributed by atoms with Gasteiger partial charge in [-0.05, 0) is 171 Å². The number of aliphatic carboxylic acids is 1. The number of halogens is 5. The fourth-order valence-corrected chi connectivity index (χ4v) is 14.7. The number of Topliss-reactive ketones (excluding diaryl/α,β-unsaturated/α-hetero) is 1. The number of carbonyl (C=O) groups is 8. The number of amides is 3. The quantitative estimate of drug-likeness (QED) is 0.00675. The number of carbonyl (C=O) groups excluding carboxylic acids is 7.